The Labute approximate surface area is 73.8 Å². The summed E-state index contributed by atoms with van der Waals surface area (Å²) in [5.41, 5.74) is 1.13. The topological polar surface area (TPSA) is 12.9 Å². The lowest BCUT2D eigenvalue weighted by molar-refractivity contribution is 1.55. The number of hydrogen-bond acceptors (Lipinski definition) is 2. The van der Waals surface area contributed by atoms with Crippen molar-refractivity contribution >= 4 is 33.2 Å². The van der Waals surface area contributed by atoms with Crippen LogP contribution in [0.15, 0.2) is 18.3 Å². The van der Waals surface area contributed by atoms with Gasteiger partial charge < -0.3 is 0 Å². The van der Waals surface area contributed by atoms with Gasteiger partial charge in [-0.1, -0.05) is 17.7 Å². The maximum atomic E-state index is 5.92. The number of hydrogen-bond donors (Lipinski definition) is 0. The third kappa shape index (κ3) is 1.03. The van der Waals surface area contributed by atoms with E-state index in [4.69, 9.17) is 11.6 Å². The molecule has 0 saturated carbocycles. The van der Waals surface area contributed by atoms with E-state index >= 15 is 0 Å². The molecule has 0 saturated heterocycles. The van der Waals surface area contributed by atoms with Gasteiger partial charge in [0.25, 0.3) is 0 Å². The van der Waals surface area contributed by atoms with Crippen molar-refractivity contribution in [3.63, 3.8) is 0 Å². The van der Waals surface area contributed by atoms with Crippen molar-refractivity contribution < 1.29 is 0 Å². The maximum Gasteiger partial charge on any atom is 0.0593 e. The molecule has 11 heavy (non-hydrogen) atoms. The van der Waals surface area contributed by atoms with Crippen LogP contribution in [0.5, 0.6) is 0 Å². The van der Waals surface area contributed by atoms with Gasteiger partial charge in [0.15, 0.2) is 0 Å². The summed E-state index contributed by atoms with van der Waals surface area (Å²) in [5, 5.41) is 2.00. The van der Waals surface area contributed by atoms with Gasteiger partial charge in [-0.25, -0.2) is 0 Å². The lowest BCUT2D eigenvalue weighted by atomic mass is 10.2. The lowest BCUT2D eigenvalue weighted by Crippen LogP contribution is -1.72. The first-order valence-electron chi connectivity index (χ1n) is 3.28. The molecule has 0 amide bonds. The predicted molar refractivity (Wildman–Crippen MR) is 49.4 cm³/mol. The SMILES string of the molecule is Cc1c(Cl)ccc2cnsc12. The predicted octanol–water partition coefficient (Wildman–Crippen LogP) is 3.26. The van der Waals surface area contributed by atoms with Crippen molar-refractivity contribution in [2.24, 2.45) is 0 Å². The van der Waals surface area contributed by atoms with Crippen molar-refractivity contribution in [3.05, 3.63) is 28.9 Å². The number of halogens is 1. The zero-order valence-corrected chi connectivity index (χ0v) is 7.54. The van der Waals surface area contributed by atoms with Gasteiger partial charge in [0.2, 0.25) is 0 Å². The number of rotatable bonds is 0. The Bertz CT molecular complexity index is 394. The van der Waals surface area contributed by atoms with Crippen LogP contribution in [0.2, 0.25) is 5.02 Å². The number of aryl methyl sites for hydroxylation is 1. The van der Waals surface area contributed by atoms with Gasteiger partial charge in [0.05, 0.1) is 4.70 Å². The first kappa shape index (κ1) is 7.07. The zero-order valence-electron chi connectivity index (χ0n) is 5.97. The van der Waals surface area contributed by atoms with Crippen molar-refractivity contribution in [2.45, 2.75) is 6.92 Å². The summed E-state index contributed by atoms with van der Waals surface area (Å²) >= 11 is 7.42. The molecule has 1 aromatic heterocycles. The molecule has 0 unspecified atom stereocenters. The van der Waals surface area contributed by atoms with Crippen LogP contribution in [0, 0.1) is 6.92 Å². The van der Waals surface area contributed by atoms with E-state index in [0.29, 0.717) is 0 Å². The number of fused-ring (bicyclic) bond motifs is 1. The van der Waals surface area contributed by atoms with E-state index in [1.807, 2.05) is 25.3 Å². The largest absolute Gasteiger partial charge is 0.200 e. The first-order chi connectivity index (χ1) is 5.29. The summed E-state index contributed by atoms with van der Waals surface area (Å²) in [5.74, 6) is 0. The molecule has 2 rings (SSSR count). The van der Waals surface area contributed by atoms with E-state index in [9.17, 15) is 0 Å². The summed E-state index contributed by atoms with van der Waals surface area (Å²) in [7, 11) is 0. The van der Waals surface area contributed by atoms with Crippen molar-refractivity contribution in [1.29, 1.82) is 0 Å². The molecule has 56 valence electrons. The maximum absolute atomic E-state index is 5.92. The highest BCUT2D eigenvalue weighted by atomic mass is 35.5. The molecule has 0 radical (unpaired) electrons. The van der Waals surface area contributed by atoms with Crippen LogP contribution in [-0.4, -0.2) is 4.37 Å². The molecule has 0 spiro atoms. The quantitative estimate of drug-likeness (QED) is 0.611. The molecule has 0 N–H and O–H groups in total. The highest BCUT2D eigenvalue weighted by Crippen LogP contribution is 2.27. The summed E-state index contributed by atoms with van der Waals surface area (Å²) in [6.07, 6.45) is 1.86. The van der Waals surface area contributed by atoms with Gasteiger partial charge in [0.1, 0.15) is 0 Å². The number of benzene rings is 1. The highest BCUT2D eigenvalue weighted by Gasteiger charge is 2.02. The van der Waals surface area contributed by atoms with E-state index in [2.05, 4.69) is 4.37 Å². The van der Waals surface area contributed by atoms with Crippen molar-refractivity contribution in [1.82, 2.24) is 4.37 Å². The second kappa shape index (κ2) is 2.47. The number of nitrogens with zero attached hydrogens (tertiary/aromatic N) is 1. The fourth-order valence-corrected chi connectivity index (χ4v) is 2.01. The van der Waals surface area contributed by atoms with E-state index in [-0.39, 0.29) is 0 Å². The Kier molecular flexibility index (Phi) is 1.59. The molecule has 0 atom stereocenters. The van der Waals surface area contributed by atoms with Crippen LogP contribution in [0.3, 0.4) is 0 Å². The minimum absolute atomic E-state index is 0.821. The van der Waals surface area contributed by atoms with Crippen molar-refractivity contribution in [2.75, 3.05) is 0 Å². The molecule has 0 bridgehead atoms. The Morgan fingerprint density at radius 2 is 2.27 bits per heavy atom. The van der Waals surface area contributed by atoms with Crippen molar-refractivity contribution in [3.8, 4) is 0 Å². The Balaban J connectivity index is 2.93. The van der Waals surface area contributed by atoms with Crippen LogP contribution in [0.1, 0.15) is 5.56 Å². The molecule has 1 heterocycles. The van der Waals surface area contributed by atoms with Gasteiger partial charge in [-0.05, 0) is 30.1 Å². The first-order valence-corrected chi connectivity index (χ1v) is 4.43. The average molecular weight is 184 g/mol. The summed E-state index contributed by atoms with van der Waals surface area (Å²) < 4.78 is 5.28. The molecule has 1 aromatic carbocycles. The van der Waals surface area contributed by atoms with Gasteiger partial charge >= 0.3 is 0 Å². The van der Waals surface area contributed by atoms with Gasteiger partial charge in [-0.15, -0.1) is 0 Å². The Morgan fingerprint density at radius 3 is 3.09 bits per heavy atom. The normalized spacial score (nSPS) is 10.7. The monoisotopic (exact) mass is 183 g/mol. The molecule has 2 aromatic rings. The molecule has 3 heteroatoms. The van der Waals surface area contributed by atoms with Crippen LogP contribution in [0.25, 0.3) is 10.1 Å². The highest BCUT2D eigenvalue weighted by molar-refractivity contribution is 7.13. The Hall–Kier alpha value is -0.600. The second-order valence-corrected chi connectivity index (χ2v) is 3.63. The minimum atomic E-state index is 0.821. The van der Waals surface area contributed by atoms with E-state index < -0.39 is 0 Å². The van der Waals surface area contributed by atoms with Crippen LogP contribution in [0.4, 0.5) is 0 Å². The molecule has 0 aliphatic rings. The third-order valence-electron chi connectivity index (χ3n) is 1.71. The molecule has 1 nitrogen and oxygen atoms in total. The van der Waals surface area contributed by atoms with Crippen LogP contribution < -0.4 is 0 Å². The Morgan fingerprint density at radius 1 is 1.45 bits per heavy atom. The number of aromatic nitrogens is 1. The standard InChI is InChI=1S/C8H6ClNS/c1-5-7(9)3-2-6-4-10-11-8(5)6/h2-4H,1H3. The molecular formula is C8H6ClNS. The van der Waals surface area contributed by atoms with E-state index in [1.54, 1.807) is 0 Å². The fourth-order valence-electron chi connectivity index (χ4n) is 1.05. The van der Waals surface area contributed by atoms with E-state index in [0.717, 1.165) is 10.6 Å². The molecule has 0 fully saturated rings. The van der Waals surface area contributed by atoms with Gasteiger partial charge in [0, 0.05) is 16.6 Å². The summed E-state index contributed by atoms with van der Waals surface area (Å²) in [6, 6.07) is 3.90. The lowest BCUT2D eigenvalue weighted by Gasteiger charge is -1.96. The van der Waals surface area contributed by atoms with Gasteiger partial charge in [-0.3, -0.25) is 0 Å². The smallest absolute Gasteiger partial charge is 0.0593 e. The van der Waals surface area contributed by atoms with E-state index in [1.165, 1.54) is 21.6 Å². The molecular weight excluding hydrogens is 178 g/mol. The molecule has 0 aliphatic carbocycles. The fraction of sp³-hybridized carbons (Fsp3) is 0.125. The average Bonchev–Trinajstić information content (AvgIpc) is 2.45. The minimum Gasteiger partial charge on any atom is -0.200 e. The third-order valence-corrected chi connectivity index (χ3v) is 3.05. The second-order valence-electron chi connectivity index (χ2n) is 2.42. The molecule has 0 aliphatic heterocycles. The zero-order chi connectivity index (χ0) is 7.84. The van der Waals surface area contributed by atoms with Gasteiger partial charge in [-0.2, -0.15) is 4.37 Å². The van der Waals surface area contributed by atoms with Crippen LogP contribution in [-0.2, 0) is 0 Å². The summed E-state index contributed by atoms with van der Waals surface area (Å²) in [4.78, 5) is 0. The summed E-state index contributed by atoms with van der Waals surface area (Å²) in [6.45, 7) is 2.02. The van der Waals surface area contributed by atoms with Crippen LogP contribution >= 0.6 is 23.1 Å².